The molecule has 0 aliphatic rings. The number of carboxylic acids is 1. The molecule has 1 aromatic carbocycles. The molecule has 0 aromatic heterocycles. The van der Waals surface area contributed by atoms with E-state index in [-0.39, 0.29) is 6.42 Å². The third kappa shape index (κ3) is 7.62. The number of benzene rings is 1. The van der Waals surface area contributed by atoms with Crippen LogP contribution in [0.25, 0.3) is 0 Å². The zero-order valence-electron chi connectivity index (χ0n) is 14.3. The number of hydrogen-bond acceptors (Lipinski definition) is 5. The highest BCUT2D eigenvalue weighted by Gasteiger charge is 2.42. The molecule has 1 rings (SSSR count). The summed E-state index contributed by atoms with van der Waals surface area (Å²) in [5.74, 6) is -3.65. The lowest BCUT2D eigenvalue weighted by molar-refractivity contribution is -0.165. The van der Waals surface area contributed by atoms with Crippen LogP contribution in [0.1, 0.15) is 18.9 Å². The van der Waals surface area contributed by atoms with Gasteiger partial charge in [0, 0.05) is 6.42 Å². The first-order valence-electron chi connectivity index (χ1n) is 7.87. The Balaban J connectivity index is 2.78. The number of rotatable bonds is 9. The molecule has 2 amide bonds. The highest BCUT2D eigenvalue weighted by molar-refractivity contribution is 5.84. The maximum absolute atomic E-state index is 13.1. The largest absolute Gasteiger partial charge is 0.480 e. The average Bonchev–Trinajstić information content (AvgIpc) is 2.59. The van der Waals surface area contributed by atoms with Crippen molar-refractivity contribution in [3.05, 3.63) is 35.9 Å². The number of carbonyl (C=O) groups excluding carboxylic acids is 2. The van der Waals surface area contributed by atoms with Crippen molar-refractivity contribution in [2.24, 2.45) is 0 Å². The first-order valence-corrected chi connectivity index (χ1v) is 7.87. The highest BCUT2D eigenvalue weighted by atomic mass is 19.4. The van der Waals surface area contributed by atoms with Gasteiger partial charge < -0.3 is 10.4 Å². The number of carboxylic acid groups (broad SMARTS) is 1. The molecule has 27 heavy (non-hydrogen) atoms. The molecule has 0 bridgehead atoms. The topological polar surface area (TPSA) is 128 Å². The number of hydrogen-bond donors (Lipinski definition) is 5. The quantitative estimate of drug-likeness (QED) is 0.310. The van der Waals surface area contributed by atoms with Crippen LogP contribution < -0.4 is 16.1 Å². The summed E-state index contributed by atoms with van der Waals surface area (Å²) in [7, 11) is 0. The van der Waals surface area contributed by atoms with Gasteiger partial charge in [-0.15, -0.1) is 0 Å². The average molecular weight is 391 g/mol. The van der Waals surface area contributed by atoms with Crippen molar-refractivity contribution in [3.63, 3.8) is 0 Å². The van der Waals surface area contributed by atoms with Gasteiger partial charge in [0.1, 0.15) is 12.1 Å². The van der Waals surface area contributed by atoms with Gasteiger partial charge in [-0.3, -0.25) is 20.1 Å². The minimum atomic E-state index is -4.88. The zero-order chi connectivity index (χ0) is 20.6. The van der Waals surface area contributed by atoms with Crippen LogP contribution in [0.15, 0.2) is 30.3 Å². The van der Waals surface area contributed by atoms with E-state index in [0.717, 1.165) is 6.92 Å². The SMILES string of the molecule is C[C@H](NC(CC(=O)N[C@@H](Cc1ccccc1)C(=O)O)C(F)(F)F)C(=O)NO. The lowest BCUT2D eigenvalue weighted by atomic mass is 10.1. The van der Waals surface area contributed by atoms with Gasteiger partial charge in [0.2, 0.25) is 5.91 Å². The van der Waals surface area contributed by atoms with Gasteiger partial charge >= 0.3 is 12.1 Å². The molecule has 8 nitrogen and oxygen atoms in total. The Kier molecular flexibility index (Phi) is 8.19. The fraction of sp³-hybridized carbons (Fsp3) is 0.438. The molecule has 150 valence electrons. The van der Waals surface area contributed by atoms with Crippen LogP contribution in [0.4, 0.5) is 13.2 Å². The number of hydroxylamine groups is 1. The molecule has 0 saturated carbocycles. The molecule has 0 fully saturated rings. The van der Waals surface area contributed by atoms with Gasteiger partial charge in [-0.2, -0.15) is 13.2 Å². The summed E-state index contributed by atoms with van der Waals surface area (Å²) in [6.07, 6.45) is -6.11. The van der Waals surface area contributed by atoms with E-state index >= 15 is 0 Å². The molecule has 0 aliphatic heterocycles. The molecule has 0 saturated heterocycles. The van der Waals surface area contributed by atoms with Crippen molar-refractivity contribution < 1.29 is 37.9 Å². The number of alkyl halides is 3. The number of carbonyl (C=O) groups is 3. The van der Waals surface area contributed by atoms with Crippen molar-refractivity contribution in [3.8, 4) is 0 Å². The van der Waals surface area contributed by atoms with Gasteiger partial charge in [0.25, 0.3) is 5.91 Å². The lowest BCUT2D eigenvalue weighted by Gasteiger charge is -2.25. The second kappa shape index (κ2) is 9.88. The van der Waals surface area contributed by atoms with Crippen LogP contribution in [-0.2, 0) is 20.8 Å². The number of nitrogens with one attached hydrogen (secondary N) is 3. The van der Waals surface area contributed by atoms with Gasteiger partial charge in [-0.05, 0) is 12.5 Å². The second-order valence-corrected chi connectivity index (χ2v) is 5.81. The van der Waals surface area contributed by atoms with Crippen molar-refractivity contribution in [1.82, 2.24) is 16.1 Å². The molecular formula is C16H20F3N3O5. The summed E-state index contributed by atoms with van der Waals surface area (Å²) in [4.78, 5) is 34.4. The number of aliphatic carboxylic acids is 1. The summed E-state index contributed by atoms with van der Waals surface area (Å²) in [5, 5.41) is 21.6. The molecule has 0 spiro atoms. The minimum absolute atomic E-state index is 0.102. The Labute approximate surface area is 152 Å². The Bertz CT molecular complexity index is 654. The molecule has 1 aromatic rings. The number of amides is 2. The van der Waals surface area contributed by atoms with Crippen LogP contribution in [0.5, 0.6) is 0 Å². The van der Waals surface area contributed by atoms with Gasteiger partial charge in [0.15, 0.2) is 0 Å². The molecule has 11 heteroatoms. The predicted molar refractivity (Wildman–Crippen MR) is 86.7 cm³/mol. The minimum Gasteiger partial charge on any atom is -0.480 e. The first kappa shape index (κ1) is 22.4. The summed E-state index contributed by atoms with van der Waals surface area (Å²) in [5.41, 5.74) is 1.79. The van der Waals surface area contributed by atoms with E-state index in [9.17, 15) is 32.7 Å². The summed E-state index contributed by atoms with van der Waals surface area (Å²) in [6.45, 7) is 1.07. The summed E-state index contributed by atoms with van der Waals surface area (Å²) >= 11 is 0. The normalized spacial score (nSPS) is 14.7. The molecular weight excluding hydrogens is 371 g/mol. The smallest absolute Gasteiger partial charge is 0.404 e. The Hall–Kier alpha value is -2.66. The molecule has 3 atom stereocenters. The summed E-state index contributed by atoms with van der Waals surface area (Å²) in [6, 6.07) is 3.02. The molecule has 0 aliphatic carbocycles. The molecule has 0 heterocycles. The first-order chi connectivity index (χ1) is 12.5. The Morgan fingerprint density at radius 1 is 1.15 bits per heavy atom. The maximum Gasteiger partial charge on any atom is 0.404 e. The van der Waals surface area contributed by atoms with Crippen LogP contribution in [0.2, 0.25) is 0 Å². The van der Waals surface area contributed by atoms with Crippen molar-refractivity contribution >= 4 is 17.8 Å². The van der Waals surface area contributed by atoms with Crippen molar-refractivity contribution in [1.29, 1.82) is 0 Å². The van der Waals surface area contributed by atoms with E-state index in [0.29, 0.717) is 5.56 Å². The van der Waals surface area contributed by atoms with Crippen LogP contribution in [0.3, 0.4) is 0 Å². The monoisotopic (exact) mass is 391 g/mol. The van der Waals surface area contributed by atoms with Crippen molar-refractivity contribution in [2.45, 2.75) is 44.1 Å². The summed E-state index contributed by atoms with van der Waals surface area (Å²) < 4.78 is 39.3. The van der Waals surface area contributed by atoms with Gasteiger partial charge in [0.05, 0.1) is 12.5 Å². The predicted octanol–water partition coefficient (Wildman–Crippen LogP) is 0.603. The van der Waals surface area contributed by atoms with Crippen LogP contribution in [-0.4, -0.2) is 52.4 Å². The van der Waals surface area contributed by atoms with Crippen LogP contribution >= 0.6 is 0 Å². The van der Waals surface area contributed by atoms with E-state index in [2.05, 4.69) is 5.32 Å². The van der Waals surface area contributed by atoms with Gasteiger partial charge in [-0.1, -0.05) is 30.3 Å². The Morgan fingerprint density at radius 2 is 1.74 bits per heavy atom. The van der Waals surface area contributed by atoms with E-state index in [1.807, 2.05) is 5.32 Å². The van der Waals surface area contributed by atoms with E-state index in [1.165, 1.54) is 5.48 Å². The number of halogens is 3. The molecule has 0 radical (unpaired) electrons. The van der Waals surface area contributed by atoms with E-state index in [4.69, 9.17) is 5.21 Å². The van der Waals surface area contributed by atoms with Gasteiger partial charge in [-0.25, -0.2) is 10.3 Å². The fourth-order valence-electron chi connectivity index (χ4n) is 2.23. The maximum atomic E-state index is 13.1. The molecule has 5 N–H and O–H groups in total. The van der Waals surface area contributed by atoms with E-state index in [1.54, 1.807) is 30.3 Å². The Morgan fingerprint density at radius 3 is 2.22 bits per heavy atom. The zero-order valence-corrected chi connectivity index (χ0v) is 14.3. The lowest BCUT2D eigenvalue weighted by Crippen LogP contribution is -2.54. The third-order valence-corrected chi connectivity index (χ3v) is 3.66. The van der Waals surface area contributed by atoms with E-state index < -0.39 is 48.5 Å². The third-order valence-electron chi connectivity index (χ3n) is 3.66. The fourth-order valence-corrected chi connectivity index (χ4v) is 2.23. The second-order valence-electron chi connectivity index (χ2n) is 5.81. The standard InChI is InChI=1S/C16H20F3N3O5/c1-9(14(24)22-27)20-12(16(17,18)19)8-13(23)21-11(15(25)26)7-10-5-3-2-4-6-10/h2-6,9,11-12,20,27H,7-8H2,1H3,(H,21,23)(H,22,24)(H,25,26)/t9-,11-,12?/m0/s1. The van der Waals surface area contributed by atoms with Crippen molar-refractivity contribution in [2.75, 3.05) is 0 Å². The molecule has 1 unspecified atom stereocenters. The highest BCUT2D eigenvalue weighted by Crippen LogP contribution is 2.23. The van der Waals surface area contributed by atoms with Crippen LogP contribution in [0, 0.1) is 0 Å².